The molecule has 8 rings (SSSR count). The Labute approximate surface area is 338 Å². The highest BCUT2D eigenvalue weighted by Gasteiger charge is 2.46. The topological polar surface area (TPSA) is 162 Å². The minimum atomic E-state index is -1.96. The first kappa shape index (κ1) is 39.2. The number of rotatable bonds is 13. The monoisotopic (exact) mass is 830 g/mol. The summed E-state index contributed by atoms with van der Waals surface area (Å²) in [6, 6.07) is 8.52. The van der Waals surface area contributed by atoms with Crippen LogP contribution in [0.1, 0.15) is 77.8 Å². The summed E-state index contributed by atoms with van der Waals surface area (Å²) in [6.07, 6.45) is 6.45. The van der Waals surface area contributed by atoms with Crippen LogP contribution in [0.4, 0.5) is 0 Å². The lowest BCUT2D eigenvalue weighted by molar-refractivity contribution is -0.169. The largest absolute Gasteiger partial charge is 0.460 e. The quantitative estimate of drug-likeness (QED) is 0.119. The van der Waals surface area contributed by atoms with Gasteiger partial charge in [-0.1, -0.05) is 28.4 Å². The van der Waals surface area contributed by atoms with Gasteiger partial charge in [-0.3, -0.25) is 4.79 Å². The van der Waals surface area contributed by atoms with E-state index in [4.69, 9.17) is 27.9 Å². The Bertz CT molecular complexity index is 1970. The first-order valence-electron chi connectivity index (χ1n) is 19.5. The van der Waals surface area contributed by atoms with Crippen LogP contribution in [-0.2, 0) is 45.9 Å². The molecule has 296 valence electrons. The number of hydrogen-bond acceptors (Lipinski definition) is 12. The lowest BCUT2D eigenvalue weighted by Gasteiger charge is -2.45. The number of ether oxygens (including phenoxy) is 1. The number of fused-ring (bicyclic) bond motifs is 4. The molecule has 0 bridgehead atoms. The van der Waals surface area contributed by atoms with E-state index in [1.807, 2.05) is 0 Å². The second-order valence-electron chi connectivity index (χ2n) is 15.5. The smallest absolute Gasteiger partial charge is 0.349 e. The van der Waals surface area contributed by atoms with Crippen molar-refractivity contribution in [3.05, 3.63) is 65.4 Å². The molecule has 5 atom stereocenters. The zero-order valence-electron chi connectivity index (χ0n) is 30.6. The van der Waals surface area contributed by atoms with E-state index in [1.54, 1.807) is 24.3 Å². The number of benzene rings is 1. The SMILES string of the molecule is O=C1CCC2C(N1)C(O)CCC2[C@@H](O)CNCc1cc2nnn(CCCN3CCC(OC(=O)C(O)(c4ccc(Cl)s4)c4ccc(Cl)s4)CC3)c2c2c1CCC2. The van der Waals surface area contributed by atoms with Crippen LogP contribution in [0.5, 0.6) is 0 Å². The number of likely N-dealkylation sites (tertiary alicyclic amines) is 1. The number of hydrogen-bond donors (Lipinski definition) is 5. The third-order valence-electron chi connectivity index (χ3n) is 12.2. The fraction of sp³-hybridized carbons (Fsp3) is 0.590. The normalized spacial score (nSPS) is 24.1. The molecule has 3 aromatic heterocycles. The van der Waals surface area contributed by atoms with E-state index < -0.39 is 23.8 Å². The number of aromatic nitrogens is 3. The third-order valence-corrected chi connectivity index (χ3v) is 14.9. The second kappa shape index (κ2) is 16.7. The molecular formula is C39H48Cl2N6O6S2. The van der Waals surface area contributed by atoms with Gasteiger partial charge in [0.15, 0.2) is 0 Å². The van der Waals surface area contributed by atoms with Gasteiger partial charge in [-0.25, -0.2) is 9.48 Å². The van der Waals surface area contributed by atoms with Crippen LogP contribution in [-0.4, -0.2) is 97.6 Å². The van der Waals surface area contributed by atoms with Crippen molar-refractivity contribution in [2.45, 2.75) is 107 Å². The summed E-state index contributed by atoms with van der Waals surface area (Å²) in [5.41, 5.74) is 3.97. The maximum Gasteiger partial charge on any atom is 0.349 e. The Balaban J connectivity index is 0.831. The summed E-state index contributed by atoms with van der Waals surface area (Å²) in [5.74, 6) is -0.588. The molecule has 12 nitrogen and oxygen atoms in total. The molecule has 5 heterocycles. The molecule has 0 spiro atoms. The maximum atomic E-state index is 13.5. The fourth-order valence-corrected chi connectivity index (χ4v) is 11.7. The molecule has 2 aliphatic carbocycles. The van der Waals surface area contributed by atoms with Crippen molar-refractivity contribution in [3.8, 4) is 0 Å². The number of thiophene rings is 2. The number of carbonyl (C=O) groups is 2. The van der Waals surface area contributed by atoms with Crippen LogP contribution in [0.15, 0.2) is 30.3 Å². The predicted octanol–water partition coefficient (Wildman–Crippen LogP) is 4.80. The maximum absolute atomic E-state index is 13.5. The summed E-state index contributed by atoms with van der Waals surface area (Å²) >= 11 is 14.6. The van der Waals surface area contributed by atoms with Crippen molar-refractivity contribution in [2.75, 3.05) is 26.2 Å². The number of piperidine rings is 2. The van der Waals surface area contributed by atoms with E-state index in [-0.39, 0.29) is 29.9 Å². The van der Waals surface area contributed by atoms with Crippen molar-refractivity contribution in [1.29, 1.82) is 0 Å². The standard InChI is InChI=1S/C39H48Cl2N6O6S2/c40-33-10-8-31(54-33)39(52,32-9-11-34(41)55-32)38(51)53-23-13-17-46(18-14-23)15-2-16-47-37-27-4-1-3-24(27)22(19-28(37)44-45-47)20-42-21-30(49)25-5-7-29(48)36-26(25)6-12-35(50)43-36/h8-11,19,23,25-26,29-30,36,42,48-49,52H,1-7,12-18,20-21H2,(H,43,50)/t25?,26?,29?,30-,36?/m0/s1. The van der Waals surface area contributed by atoms with Crippen LogP contribution < -0.4 is 10.6 Å². The van der Waals surface area contributed by atoms with Gasteiger partial charge >= 0.3 is 5.97 Å². The molecule has 4 aromatic rings. The molecule has 16 heteroatoms. The summed E-state index contributed by atoms with van der Waals surface area (Å²) in [7, 11) is 0. The van der Waals surface area contributed by atoms with E-state index in [0.717, 1.165) is 92.0 Å². The average Bonchev–Trinajstić information content (AvgIpc) is 4.00. The summed E-state index contributed by atoms with van der Waals surface area (Å²) in [6.45, 7) is 4.29. The zero-order chi connectivity index (χ0) is 38.3. The number of halogens is 2. The van der Waals surface area contributed by atoms with Crippen molar-refractivity contribution in [2.24, 2.45) is 11.8 Å². The highest BCUT2D eigenvalue weighted by Crippen LogP contribution is 2.42. The van der Waals surface area contributed by atoms with E-state index in [9.17, 15) is 24.9 Å². The Morgan fingerprint density at radius 1 is 1.02 bits per heavy atom. The number of esters is 1. The number of nitrogens with one attached hydrogen (secondary N) is 2. The van der Waals surface area contributed by atoms with Gasteiger partial charge < -0.3 is 35.6 Å². The Kier molecular flexibility index (Phi) is 11.9. The molecule has 4 unspecified atom stereocenters. The lowest BCUT2D eigenvalue weighted by atomic mass is 9.68. The van der Waals surface area contributed by atoms with Crippen molar-refractivity contribution < 1.29 is 29.6 Å². The lowest BCUT2D eigenvalue weighted by Crippen LogP contribution is -2.58. The average molecular weight is 832 g/mol. The number of carbonyl (C=O) groups excluding carboxylic acids is 2. The van der Waals surface area contributed by atoms with Crippen LogP contribution >= 0.6 is 45.9 Å². The van der Waals surface area contributed by atoms with Gasteiger partial charge in [-0.15, -0.1) is 27.8 Å². The van der Waals surface area contributed by atoms with Gasteiger partial charge in [0.25, 0.3) is 0 Å². The summed E-state index contributed by atoms with van der Waals surface area (Å²) in [4.78, 5) is 28.7. The van der Waals surface area contributed by atoms with Crippen molar-refractivity contribution in [1.82, 2.24) is 30.5 Å². The molecule has 1 aromatic carbocycles. The van der Waals surface area contributed by atoms with E-state index in [1.165, 1.54) is 16.7 Å². The van der Waals surface area contributed by atoms with Crippen molar-refractivity contribution in [3.63, 3.8) is 0 Å². The third kappa shape index (κ3) is 8.08. The van der Waals surface area contributed by atoms with E-state index >= 15 is 0 Å². The van der Waals surface area contributed by atoms with Gasteiger partial charge in [-0.2, -0.15) is 0 Å². The highest BCUT2D eigenvalue weighted by atomic mass is 35.5. The molecule has 1 saturated carbocycles. The molecular weight excluding hydrogens is 784 g/mol. The summed E-state index contributed by atoms with van der Waals surface area (Å²) < 4.78 is 8.94. The van der Waals surface area contributed by atoms with Gasteiger partial charge in [-0.05, 0) is 123 Å². The number of aliphatic hydroxyl groups is 3. The first-order chi connectivity index (χ1) is 26.6. The molecule has 4 aliphatic rings. The van der Waals surface area contributed by atoms with Crippen LogP contribution in [0.2, 0.25) is 8.67 Å². The van der Waals surface area contributed by atoms with Gasteiger partial charge in [0.05, 0.1) is 42.2 Å². The van der Waals surface area contributed by atoms with Crippen LogP contribution in [0.25, 0.3) is 11.0 Å². The van der Waals surface area contributed by atoms with Crippen LogP contribution in [0, 0.1) is 11.8 Å². The molecule has 55 heavy (non-hydrogen) atoms. The van der Waals surface area contributed by atoms with Gasteiger partial charge in [0, 0.05) is 39.1 Å². The van der Waals surface area contributed by atoms with E-state index in [0.29, 0.717) is 63.6 Å². The fourth-order valence-electron chi connectivity index (χ4n) is 9.38. The number of amides is 1. The Hall–Kier alpha value is -2.66. The van der Waals surface area contributed by atoms with Crippen LogP contribution in [0.3, 0.4) is 0 Å². The predicted molar refractivity (Wildman–Crippen MR) is 212 cm³/mol. The first-order valence-corrected chi connectivity index (χ1v) is 21.9. The second-order valence-corrected chi connectivity index (χ2v) is 19.0. The molecule has 2 aliphatic heterocycles. The van der Waals surface area contributed by atoms with E-state index in [2.05, 4.69) is 36.6 Å². The van der Waals surface area contributed by atoms with Gasteiger partial charge in [0.2, 0.25) is 11.5 Å². The zero-order valence-corrected chi connectivity index (χ0v) is 33.7. The molecule has 0 radical (unpaired) electrons. The number of nitrogens with zero attached hydrogens (tertiary/aromatic N) is 4. The minimum Gasteiger partial charge on any atom is -0.460 e. The highest BCUT2D eigenvalue weighted by molar-refractivity contribution is 7.18. The summed E-state index contributed by atoms with van der Waals surface area (Å²) in [5, 5.41) is 49.1. The number of aliphatic hydroxyl groups excluding tert-OH is 2. The molecule has 1 amide bonds. The molecule has 2 saturated heterocycles. The molecule has 5 N–H and O–H groups in total. The Morgan fingerprint density at radius 2 is 1.75 bits per heavy atom. The molecule has 3 fully saturated rings. The van der Waals surface area contributed by atoms with Crippen molar-refractivity contribution >= 4 is 68.8 Å². The Morgan fingerprint density at radius 3 is 2.45 bits per heavy atom. The number of aryl methyl sites for hydroxylation is 2. The minimum absolute atomic E-state index is 0.0120. The van der Waals surface area contributed by atoms with Gasteiger partial charge in [0.1, 0.15) is 11.6 Å².